The molecule has 0 radical (unpaired) electrons. The van der Waals surface area contributed by atoms with Gasteiger partial charge in [-0.2, -0.15) is 5.10 Å². The number of nitrogens with zero attached hydrogens (tertiary/aromatic N) is 5. The van der Waals surface area contributed by atoms with Crippen LogP contribution >= 0.6 is 0 Å². The van der Waals surface area contributed by atoms with E-state index in [1.165, 1.54) is 7.11 Å². The maximum absolute atomic E-state index is 13.1. The fraction of sp³-hybridized carbons (Fsp3) is 0.500. The zero-order valence-electron chi connectivity index (χ0n) is 25.3. The highest BCUT2D eigenvalue weighted by atomic mass is 16.7. The molecule has 3 saturated heterocycles. The summed E-state index contributed by atoms with van der Waals surface area (Å²) in [6, 6.07) is 9.62. The second-order valence-electron chi connectivity index (χ2n) is 11.7. The normalized spacial score (nSPS) is 22.9. The number of amides is 1. The molecule has 6 rings (SSSR count). The minimum atomic E-state index is -0.848. The number of ether oxygens (including phenoxy) is 4. The number of esters is 1. The molecule has 44 heavy (non-hydrogen) atoms. The second-order valence-corrected chi connectivity index (χ2v) is 11.7. The molecule has 0 saturated carbocycles. The predicted molar refractivity (Wildman–Crippen MR) is 162 cm³/mol. The predicted octanol–water partition coefficient (Wildman–Crippen LogP) is 5.19. The SMILES string of the molecule is COCOc1cc(-c2cnn(C3CCCCO3)c2)ccc1-c1ccc(N(C)C2C[C@H]3CC[C@@H](C2)N3C(=O)O)nc1C(=O)OC. The number of aromatic nitrogens is 3. The van der Waals surface area contributed by atoms with Gasteiger partial charge in [-0.25, -0.2) is 19.3 Å². The molecule has 1 aromatic carbocycles. The number of carboxylic acid groups (broad SMARTS) is 1. The Balaban J connectivity index is 1.30. The van der Waals surface area contributed by atoms with Gasteiger partial charge in [0.2, 0.25) is 0 Å². The fourth-order valence-electron chi connectivity index (χ4n) is 6.82. The molecule has 0 aliphatic carbocycles. The first-order valence-electron chi connectivity index (χ1n) is 15.1. The van der Waals surface area contributed by atoms with E-state index in [2.05, 4.69) is 10.00 Å². The highest BCUT2D eigenvalue weighted by Crippen LogP contribution is 2.40. The van der Waals surface area contributed by atoms with Crippen molar-refractivity contribution in [2.75, 3.05) is 39.6 Å². The monoisotopic (exact) mass is 605 g/mol. The molecule has 3 aliphatic rings. The van der Waals surface area contributed by atoms with Gasteiger partial charge < -0.3 is 33.9 Å². The number of methoxy groups -OCH3 is 2. The van der Waals surface area contributed by atoms with Crippen molar-refractivity contribution in [2.45, 2.75) is 69.3 Å². The van der Waals surface area contributed by atoms with E-state index in [0.29, 0.717) is 22.7 Å². The molecule has 2 aromatic heterocycles. The molecule has 2 unspecified atom stereocenters. The molecular formula is C32H39N5O7. The fourth-order valence-corrected chi connectivity index (χ4v) is 6.82. The molecule has 5 heterocycles. The van der Waals surface area contributed by atoms with Gasteiger partial charge in [0.05, 0.1) is 13.3 Å². The largest absolute Gasteiger partial charge is 0.467 e. The molecule has 3 aromatic rings. The van der Waals surface area contributed by atoms with E-state index in [-0.39, 0.29) is 36.8 Å². The van der Waals surface area contributed by atoms with Crippen LogP contribution in [0.5, 0.6) is 5.75 Å². The third-order valence-electron chi connectivity index (χ3n) is 9.09. The van der Waals surface area contributed by atoms with Gasteiger partial charge in [-0.3, -0.25) is 0 Å². The van der Waals surface area contributed by atoms with Gasteiger partial charge in [-0.1, -0.05) is 6.07 Å². The Morgan fingerprint density at radius 1 is 1.05 bits per heavy atom. The molecular weight excluding hydrogens is 566 g/mol. The maximum Gasteiger partial charge on any atom is 0.407 e. The van der Waals surface area contributed by atoms with Crippen LogP contribution in [0, 0.1) is 0 Å². The first kappa shape index (κ1) is 29.9. The van der Waals surface area contributed by atoms with Crippen LogP contribution < -0.4 is 9.64 Å². The highest BCUT2D eigenvalue weighted by molar-refractivity contribution is 5.97. The topological polar surface area (TPSA) is 128 Å². The lowest BCUT2D eigenvalue weighted by Crippen LogP contribution is -2.51. The molecule has 3 fully saturated rings. The van der Waals surface area contributed by atoms with Crippen molar-refractivity contribution in [3.63, 3.8) is 0 Å². The summed E-state index contributed by atoms with van der Waals surface area (Å²) in [6.45, 7) is 0.755. The lowest BCUT2D eigenvalue weighted by atomic mass is 9.96. The summed E-state index contributed by atoms with van der Waals surface area (Å²) >= 11 is 0. The highest BCUT2D eigenvalue weighted by Gasteiger charge is 2.44. The van der Waals surface area contributed by atoms with E-state index in [0.717, 1.165) is 62.7 Å². The molecule has 12 heteroatoms. The zero-order chi connectivity index (χ0) is 30.8. The Bertz CT molecular complexity index is 1490. The Hall–Kier alpha value is -4.16. The molecule has 2 bridgehead atoms. The van der Waals surface area contributed by atoms with E-state index in [9.17, 15) is 14.7 Å². The van der Waals surface area contributed by atoms with Gasteiger partial charge >= 0.3 is 12.1 Å². The summed E-state index contributed by atoms with van der Waals surface area (Å²) in [5.41, 5.74) is 3.22. The number of anilines is 1. The van der Waals surface area contributed by atoms with Crippen LogP contribution in [0.25, 0.3) is 22.3 Å². The summed E-state index contributed by atoms with van der Waals surface area (Å²) < 4.78 is 24.1. The van der Waals surface area contributed by atoms with E-state index < -0.39 is 12.1 Å². The summed E-state index contributed by atoms with van der Waals surface area (Å²) in [7, 11) is 4.84. The third kappa shape index (κ3) is 5.83. The van der Waals surface area contributed by atoms with Gasteiger partial charge in [0, 0.05) is 61.8 Å². The number of carbonyl (C=O) groups excluding carboxylic acids is 1. The van der Waals surface area contributed by atoms with Gasteiger partial charge in [0.15, 0.2) is 12.5 Å². The number of fused-ring (bicyclic) bond motifs is 2. The van der Waals surface area contributed by atoms with Crippen LogP contribution in [-0.2, 0) is 14.2 Å². The summed E-state index contributed by atoms with van der Waals surface area (Å²) in [5.74, 6) is 0.582. The van der Waals surface area contributed by atoms with E-state index in [1.807, 2.05) is 54.5 Å². The Kier molecular flexibility index (Phi) is 8.72. The van der Waals surface area contributed by atoms with Crippen LogP contribution in [-0.4, -0.2) is 89.6 Å². The number of piperidine rings is 1. The van der Waals surface area contributed by atoms with Crippen LogP contribution in [0.1, 0.15) is 61.7 Å². The van der Waals surface area contributed by atoms with Crippen molar-refractivity contribution in [3.05, 3.63) is 48.4 Å². The number of pyridine rings is 1. The number of hydrogen-bond donors (Lipinski definition) is 1. The average Bonchev–Trinajstić information content (AvgIpc) is 3.66. The standard InChI is InChI=1S/C32H39N5O7/c1-35(24-15-22-8-9-23(16-24)37(22)32(39)40)28-12-11-26(30(34-28)31(38)42-3)25-10-7-20(14-27(25)44-19-41-2)21-17-33-36(18-21)29-6-4-5-13-43-29/h7,10-12,14,17-18,22-24,29H,4-6,8-9,13,15-16,19H2,1-3H3,(H,39,40)/t22-,23+,24?,29?. The zero-order valence-corrected chi connectivity index (χ0v) is 25.3. The van der Waals surface area contributed by atoms with Crippen LogP contribution in [0.15, 0.2) is 42.7 Å². The van der Waals surface area contributed by atoms with Gasteiger partial charge in [0.25, 0.3) is 0 Å². The minimum absolute atomic E-state index is 0.000598. The first-order chi connectivity index (χ1) is 21.4. The van der Waals surface area contributed by atoms with E-state index in [1.54, 1.807) is 12.0 Å². The Morgan fingerprint density at radius 3 is 2.50 bits per heavy atom. The molecule has 12 nitrogen and oxygen atoms in total. The van der Waals surface area contributed by atoms with Gasteiger partial charge in [0.1, 0.15) is 17.8 Å². The van der Waals surface area contributed by atoms with Gasteiger partial charge in [-0.05, 0) is 74.8 Å². The molecule has 4 atom stereocenters. The van der Waals surface area contributed by atoms with Crippen molar-refractivity contribution in [3.8, 4) is 28.0 Å². The first-order valence-corrected chi connectivity index (χ1v) is 15.1. The van der Waals surface area contributed by atoms with Crippen molar-refractivity contribution in [1.82, 2.24) is 19.7 Å². The van der Waals surface area contributed by atoms with Crippen molar-refractivity contribution in [1.29, 1.82) is 0 Å². The van der Waals surface area contributed by atoms with Crippen LogP contribution in [0.3, 0.4) is 0 Å². The molecule has 0 spiro atoms. The van der Waals surface area contributed by atoms with Crippen LogP contribution in [0.2, 0.25) is 0 Å². The lowest BCUT2D eigenvalue weighted by molar-refractivity contribution is -0.0394. The van der Waals surface area contributed by atoms with Crippen LogP contribution in [0.4, 0.5) is 10.6 Å². The Morgan fingerprint density at radius 2 is 1.82 bits per heavy atom. The third-order valence-corrected chi connectivity index (χ3v) is 9.09. The number of hydrogen-bond acceptors (Lipinski definition) is 9. The summed E-state index contributed by atoms with van der Waals surface area (Å²) in [4.78, 5) is 33.3. The molecule has 1 amide bonds. The molecule has 1 N–H and O–H groups in total. The number of rotatable bonds is 9. The van der Waals surface area contributed by atoms with Crippen molar-refractivity contribution in [2.24, 2.45) is 0 Å². The maximum atomic E-state index is 13.1. The molecule has 3 aliphatic heterocycles. The summed E-state index contributed by atoms with van der Waals surface area (Å²) in [6.07, 6.45) is 9.17. The van der Waals surface area contributed by atoms with Crippen molar-refractivity contribution >= 4 is 17.9 Å². The quantitative estimate of drug-likeness (QED) is 0.257. The van der Waals surface area contributed by atoms with E-state index >= 15 is 0 Å². The lowest BCUT2D eigenvalue weighted by Gasteiger charge is -2.41. The summed E-state index contributed by atoms with van der Waals surface area (Å²) in [5, 5.41) is 14.2. The van der Waals surface area contributed by atoms with Gasteiger partial charge in [-0.15, -0.1) is 0 Å². The number of carbonyl (C=O) groups is 2. The second kappa shape index (κ2) is 12.8. The van der Waals surface area contributed by atoms with E-state index in [4.69, 9.17) is 23.9 Å². The molecule has 234 valence electrons. The van der Waals surface area contributed by atoms with Crippen molar-refractivity contribution < 1.29 is 33.6 Å². The number of benzene rings is 1. The minimum Gasteiger partial charge on any atom is -0.467 e. The average molecular weight is 606 g/mol. The Labute approximate surface area is 256 Å². The smallest absolute Gasteiger partial charge is 0.407 e.